The molecule has 217 valence electrons. The van der Waals surface area contributed by atoms with E-state index in [1.54, 1.807) is 0 Å². The summed E-state index contributed by atoms with van der Waals surface area (Å²) in [4.78, 5) is 17.4. The molecule has 0 spiro atoms. The summed E-state index contributed by atoms with van der Waals surface area (Å²) in [6, 6.07) is 19.6. The van der Waals surface area contributed by atoms with Gasteiger partial charge in [0, 0.05) is 25.5 Å². The number of allylic oxidation sites excluding steroid dienone is 4. The number of hydrogen-bond acceptors (Lipinski definition) is 1. The average molecular weight is 549 g/mol. The number of ketones is 1. The lowest BCUT2D eigenvalue weighted by molar-refractivity contribution is 0.0990. The number of benzene rings is 2. The SMILES string of the molecule is CC(C)(C)c1ccc(-c2cc(-c3ccc(C(C)(C)C)cc3)c(C(=O)CC3=CC=C(CCC4CCCCC4)[CH]3)[nH]2)cc1.[HH]. The van der Waals surface area contributed by atoms with Gasteiger partial charge in [0.15, 0.2) is 5.78 Å². The number of Topliss-reactive ketones (excluding diaryl/α,β-unsaturated/α-hetero) is 1. The third kappa shape index (κ3) is 7.21. The van der Waals surface area contributed by atoms with Crippen LogP contribution < -0.4 is 0 Å². The van der Waals surface area contributed by atoms with E-state index < -0.39 is 0 Å². The fraction of sp³-hybridized carbons (Fsp3) is 0.436. The van der Waals surface area contributed by atoms with Gasteiger partial charge in [-0.15, -0.1) is 0 Å². The van der Waals surface area contributed by atoms with E-state index in [9.17, 15) is 4.79 Å². The van der Waals surface area contributed by atoms with Crippen LogP contribution in [0.3, 0.4) is 0 Å². The van der Waals surface area contributed by atoms with Gasteiger partial charge in [0.1, 0.15) is 0 Å². The zero-order valence-electron chi connectivity index (χ0n) is 26.1. The molecule has 41 heavy (non-hydrogen) atoms. The molecule has 1 N–H and O–H groups in total. The third-order valence-electron chi connectivity index (χ3n) is 9.03. The summed E-state index contributed by atoms with van der Waals surface area (Å²) < 4.78 is 0. The van der Waals surface area contributed by atoms with Crippen molar-refractivity contribution in [3.8, 4) is 22.4 Å². The number of hydrogen-bond donors (Lipinski definition) is 1. The zero-order valence-corrected chi connectivity index (χ0v) is 26.1. The monoisotopic (exact) mass is 548 g/mol. The van der Waals surface area contributed by atoms with Gasteiger partial charge < -0.3 is 4.98 Å². The van der Waals surface area contributed by atoms with Crippen LogP contribution in [0, 0.1) is 12.3 Å². The second-order valence-electron chi connectivity index (χ2n) is 14.4. The summed E-state index contributed by atoms with van der Waals surface area (Å²) in [7, 11) is 0. The molecule has 0 amide bonds. The number of H-pyrrole nitrogens is 1. The van der Waals surface area contributed by atoms with Crippen LogP contribution >= 0.6 is 0 Å². The number of aromatic nitrogens is 1. The first-order valence-electron chi connectivity index (χ1n) is 15.7. The van der Waals surface area contributed by atoms with Gasteiger partial charge in [-0.25, -0.2) is 0 Å². The molecule has 2 heteroatoms. The summed E-state index contributed by atoms with van der Waals surface area (Å²) >= 11 is 0. The fourth-order valence-corrected chi connectivity index (χ4v) is 6.29. The second kappa shape index (κ2) is 12.0. The summed E-state index contributed by atoms with van der Waals surface area (Å²) in [5.41, 5.74) is 10.1. The Kier molecular flexibility index (Phi) is 8.60. The minimum absolute atomic E-state index is 0. The van der Waals surface area contributed by atoms with E-state index in [1.807, 2.05) is 0 Å². The molecule has 1 aromatic heterocycles. The maximum atomic E-state index is 13.8. The Balaban J connectivity index is 0.00000405. The van der Waals surface area contributed by atoms with Crippen LogP contribution in [0.1, 0.15) is 116 Å². The van der Waals surface area contributed by atoms with Crippen molar-refractivity contribution in [2.24, 2.45) is 5.92 Å². The second-order valence-corrected chi connectivity index (χ2v) is 14.4. The predicted molar refractivity (Wildman–Crippen MR) is 176 cm³/mol. The van der Waals surface area contributed by atoms with E-state index in [1.165, 1.54) is 55.2 Å². The van der Waals surface area contributed by atoms with Crippen molar-refractivity contribution < 1.29 is 6.22 Å². The molecule has 0 atom stereocenters. The normalized spacial score (nSPS) is 16.5. The highest BCUT2D eigenvalue weighted by atomic mass is 16.1. The fourth-order valence-electron chi connectivity index (χ4n) is 6.29. The molecule has 1 radical (unpaired) electrons. The number of carbonyl (C=O) groups excluding carboxylic acids is 1. The molecule has 0 unspecified atom stereocenters. The minimum Gasteiger partial charge on any atom is -0.352 e. The van der Waals surface area contributed by atoms with Crippen LogP contribution in [0.2, 0.25) is 0 Å². The number of aromatic amines is 1. The number of carbonyl (C=O) groups is 1. The number of rotatable bonds is 8. The van der Waals surface area contributed by atoms with Gasteiger partial charge >= 0.3 is 0 Å². The number of nitrogens with one attached hydrogen (secondary N) is 1. The Hall–Kier alpha value is -3.13. The highest BCUT2D eigenvalue weighted by Crippen LogP contribution is 2.36. The quantitative estimate of drug-likeness (QED) is 0.279. The first-order chi connectivity index (χ1) is 19.5. The molecule has 5 rings (SSSR count). The summed E-state index contributed by atoms with van der Waals surface area (Å²) in [5.74, 6) is 1.02. The maximum Gasteiger partial charge on any atom is 0.183 e. The lowest BCUT2D eigenvalue weighted by Crippen LogP contribution is -2.10. The smallest absolute Gasteiger partial charge is 0.183 e. The molecule has 0 saturated heterocycles. The van der Waals surface area contributed by atoms with Crippen molar-refractivity contribution in [3.05, 3.63) is 101 Å². The van der Waals surface area contributed by atoms with Crippen molar-refractivity contribution in [2.75, 3.05) is 0 Å². The van der Waals surface area contributed by atoms with Gasteiger partial charge in [0.05, 0.1) is 5.69 Å². The van der Waals surface area contributed by atoms with Crippen LogP contribution in [0.5, 0.6) is 0 Å². The topological polar surface area (TPSA) is 32.9 Å². The summed E-state index contributed by atoms with van der Waals surface area (Å²) in [6.07, 6.45) is 16.4. The molecule has 1 saturated carbocycles. The first-order valence-corrected chi connectivity index (χ1v) is 15.7. The van der Waals surface area contributed by atoms with Crippen LogP contribution in [0.25, 0.3) is 22.4 Å². The summed E-state index contributed by atoms with van der Waals surface area (Å²) in [6.45, 7) is 13.4. The molecule has 2 aliphatic rings. The van der Waals surface area contributed by atoms with Crippen molar-refractivity contribution in [3.63, 3.8) is 0 Å². The lowest BCUT2D eigenvalue weighted by atomic mass is 9.85. The minimum atomic E-state index is 0. The van der Waals surface area contributed by atoms with Gasteiger partial charge in [-0.2, -0.15) is 0 Å². The largest absolute Gasteiger partial charge is 0.352 e. The van der Waals surface area contributed by atoms with Gasteiger partial charge in [-0.1, -0.05) is 145 Å². The molecule has 3 aromatic rings. The molecule has 0 aliphatic heterocycles. The maximum absolute atomic E-state index is 13.8. The van der Waals surface area contributed by atoms with E-state index in [4.69, 9.17) is 0 Å². The van der Waals surface area contributed by atoms with Gasteiger partial charge in [-0.3, -0.25) is 4.79 Å². The Labute approximate surface area is 249 Å². The van der Waals surface area contributed by atoms with E-state index in [0.29, 0.717) is 12.1 Å². The van der Waals surface area contributed by atoms with E-state index in [0.717, 1.165) is 40.3 Å². The molecule has 1 heterocycles. The van der Waals surface area contributed by atoms with Crippen molar-refractivity contribution in [1.29, 1.82) is 0 Å². The van der Waals surface area contributed by atoms with Crippen molar-refractivity contribution in [1.82, 2.24) is 4.98 Å². The van der Waals surface area contributed by atoms with Crippen molar-refractivity contribution in [2.45, 2.75) is 104 Å². The van der Waals surface area contributed by atoms with Crippen LogP contribution in [0.4, 0.5) is 0 Å². The highest BCUT2D eigenvalue weighted by Gasteiger charge is 2.23. The van der Waals surface area contributed by atoms with Gasteiger partial charge in [0.25, 0.3) is 0 Å². The molecule has 0 bridgehead atoms. The Morgan fingerprint density at radius 1 is 0.780 bits per heavy atom. The Bertz CT molecular complexity index is 1420. The lowest BCUT2D eigenvalue weighted by Gasteiger charge is -2.21. The van der Waals surface area contributed by atoms with E-state index in [2.05, 4.69) is 120 Å². The molecule has 2 aliphatic carbocycles. The Morgan fingerprint density at radius 2 is 1.34 bits per heavy atom. The Morgan fingerprint density at radius 3 is 1.93 bits per heavy atom. The molecule has 2 nitrogen and oxygen atoms in total. The standard InChI is InChI=1S/C39H48NO.H2/c1-38(2,3)32-20-16-30(17-21-32)34-26-35(31-18-22-33(23-19-31)39(4,5)6)40-37(34)36(41)25-29-15-14-28(24-29)13-12-27-10-8-7-9-11-27;/h14-24,26-27,40H,7-13,25H2,1-6H3;1H. The first kappa shape index (κ1) is 29.4. The highest BCUT2D eigenvalue weighted by molar-refractivity contribution is 6.03. The molecular weight excluding hydrogens is 498 g/mol. The van der Waals surface area contributed by atoms with E-state index in [-0.39, 0.29) is 18.0 Å². The molecule has 2 aromatic carbocycles. The molecular formula is C39H50NO. The van der Waals surface area contributed by atoms with Gasteiger partial charge in [-0.05, 0) is 57.9 Å². The predicted octanol–water partition coefficient (Wildman–Crippen LogP) is 11.2. The third-order valence-corrected chi connectivity index (χ3v) is 9.03. The van der Waals surface area contributed by atoms with Crippen LogP contribution in [-0.4, -0.2) is 10.8 Å². The van der Waals surface area contributed by atoms with Crippen molar-refractivity contribution >= 4 is 5.78 Å². The van der Waals surface area contributed by atoms with Crippen LogP contribution in [-0.2, 0) is 10.8 Å². The van der Waals surface area contributed by atoms with E-state index >= 15 is 0 Å². The molecule has 1 fully saturated rings. The zero-order chi connectivity index (χ0) is 29.2. The van der Waals surface area contributed by atoms with Gasteiger partial charge in [0.2, 0.25) is 0 Å². The average Bonchev–Trinajstić information content (AvgIpc) is 3.59. The summed E-state index contributed by atoms with van der Waals surface area (Å²) in [5, 5.41) is 0. The van der Waals surface area contributed by atoms with Crippen LogP contribution in [0.15, 0.2) is 77.9 Å².